The molecule has 0 aliphatic heterocycles. The highest BCUT2D eigenvalue weighted by Gasteiger charge is 2.69. The van der Waals surface area contributed by atoms with E-state index in [9.17, 15) is 20.1 Å². The minimum atomic E-state index is -0.818. The van der Waals surface area contributed by atoms with Crippen LogP contribution in [0.15, 0.2) is 27.6 Å². The Morgan fingerprint density at radius 2 is 1.86 bits per heavy atom. The lowest BCUT2D eigenvalue weighted by atomic mass is 9.42. The van der Waals surface area contributed by atoms with Crippen LogP contribution in [0.5, 0.6) is 0 Å². The largest absolute Gasteiger partial charge is 0.431 e. The SMILES string of the molecule is C[C@]12CC[C@H](O)C[C@H]1CC[C@@H]1C2[C@H](O)C[C@]2(C)[C@@H](c3ccc(=O)oc3)CC[C@]12O. The summed E-state index contributed by atoms with van der Waals surface area (Å²) in [7, 11) is 0. The van der Waals surface area contributed by atoms with E-state index in [1.807, 2.05) is 6.07 Å². The van der Waals surface area contributed by atoms with Gasteiger partial charge in [-0.05, 0) is 92.1 Å². The Bertz CT molecular complexity index is 829. The van der Waals surface area contributed by atoms with E-state index < -0.39 is 17.1 Å². The fourth-order valence-corrected chi connectivity index (χ4v) is 8.41. The van der Waals surface area contributed by atoms with Crippen LogP contribution in [0.1, 0.15) is 76.7 Å². The predicted octanol–water partition coefficient (Wildman–Crippen LogP) is 3.21. The molecule has 4 aliphatic carbocycles. The lowest BCUT2D eigenvalue weighted by molar-refractivity contribution is -0.239. The number of aliphatic hydroxyl groups is 3. The molecule has 9 atom stereocenters. The molecule has 4 aliphatic rings. The van der Waals surface area contributed by atoms with Crippen molar-refractivity contribution >= 4 is 0 Å². The number of aliphatic hydroxyl groups excluding tert-OH is 2. The van der Waals surface area contributed by atoms with E-state index in [-0.39, 0.29) is 34.9 Å². The van der Waals surface area contributed by atoms with Crippen LogP contribution in [0.4, 0.5) is 0 Å². The van der Waals surface area contributed by atoms with Crippen molar-refractivity contribution in [2.24, 2.45) is 28.6 Å². The van der Waals surface area contributed by atoms with E-state index in [1.54, 1.807) is 6.26 Å². The van der Waals surface area contributed by atoms with Gasteiger partial charge in [0.05, 0.1) is 24.1 Å². The standard InChI is InChI=1S/C24H34O5/c1-22-9-7-16(25)11-15(22)4-5-18-21(22)19(26)12-23(2)17(8-10-24(18,23)28)14-3-6-20(27)29-13-14/h3,6,13,15-19,21,25-26,28H,4-5,7-12H2,1-2H3/t15-,16+,17-,18-,19-,21?,22+,23-,24+/m1/s1. The summed E-state index contributed by atoms with van der Waals surface area (Å²) >= 11 is 0. The van der Waals surface area contributed by atoms with E-state index in [0.29, 0.717) is 12.3 Å². The molecular weight excluding hydrogens is 368 g/mol. The third-order valence-corrected chi connectivity index (χ3v) is 9.89. The molecule has 0 saturated heterocycles. The van der Waals surface area contributed by atoms with Gasteiger partial charge in [0.15, 0.2) is 0 Å². The van der Waals surface area contributed by atoms with Gasteiger partial charge in [-0.25, -0.2) is 4.79 Å². The zero-order chi connectivity index (χ0) is 20.6. The minimum Gasteiger partial charge on any atom is -0.431 e. The zero-order valence-corrected chi connectivity index (χ0v) is 17.5. The van der Waals surface area contributed by atoms with Crippen molar-refractivity contribution in [1.82, 2.24) is 0 Å². The smallest absolute Gasteiger partial charge is 0.335 e. The average Bonchev–Trinajstić information content (AvgIpc) is 2.94. The zero-order valence-electron chi connectivity index (χ0n) is 17.5. The van der Waals surface area contributed by atoms with E-state index in [1.165, 1.54) is 6.07 Å². The highest BCUT2D eigenvalue weighted by Crippen LogP contribution is 2.70. The van der Waals surface area contributed by atoms with Crippen molar-refractivity contribution in [2.45, 2.75) is 88.9 Å². The Morgan fingerprint density at radius 1 is 1.07 bits per heavy atom. The van der Waals surface area contributed by atoms with Crippen LogP contribution in [-0.4, -0.2) is 33.1 Å². The van der Waals surface area contributed by atoms with Crippen LogP contribution >= 0.6 is 0 Å². The van der Waals surface area contributed by atoms with Gasteiger partial charge in [-0.2, -0.15) is 0 Å². The maximum absolute atomic E-state index is 12.2. The highest BCUT2D eigenvalue weighted by molar-refractivity contribution is 5.28. The van der Waals surface area contributed by atoms with Gasteiger partial charge in [-0.1, -0.05) is 13.8 Å². The summed E-state index contributed by atoms with van der Waals surface area (Å²) in [6.45, 7) is 4.43. The molecule has 4 saturated carbocycles. The summed E-state index contributed by atoms with van der Waals surface area (Å²) < 4.78 is 5.14. The van der Waals surface area contributed by atoms with E-state index in [2.05, 4.69) is 13.8 Å². The van der Waals surface area contributed by atoms with E-state index in [0.717, 1.165) is 50.5 Å². The second-order valence-corrected chi connectivity index (χ2v) is 10.9. The first kappa shape index (κ1) is 19.8. The first-order valence-corrected chi connectivity index (χ1v) is 11.4. The average molecular weight is 403 g/mol. The third kappa shape index (κ3) is 2.60. The molecule has 1 aromatic heterocycles. The van der Waals surface area contributed by atoms with Gasteiger partial charge in [0.25, 0.3) is 0 Å². The highest BCUT2D eigenvalue weighted by atomic mass is 16.4. The third-order valence-electron chi connectivity index (χ3n) is 9.89. The first-order chi connectivity index (χ1) is 13.7. The molecule has 29 heavy (non-hydrogen) atoms. The van der Waals surface area contributed by atoms with Crippen LogP contribution in [0, 0.1) is 28.6 Å². The molecule has 1 aromatic rings. The van der Waals surface area contributed by atoms with Crippen LogP contribution in [0.2, 0.25) is 0 Å². The second kappa shape index (κ2) is 6.41. The summed E-state index contributed by atoms with van der Waals surface area (Å²) in [5.74, 6) is 0.662. The molecule has 0 bridgehead atoms. The molecule has 5 nitrogen and oxygen atoms in total. The van der Waals surface area contributed by atoms with Crippen molar-refractivity contribution < 1.29 is 19.7 Å². The molecular formula is C24H34O5. The van der Waals surface area contributed by atoms with Gasteiger partial charge < -0.3 is 19.7 Å². The molecule has 0 amide bonds. The quantitative estimate of drug-likeness (QED) is 0.671. The molecule has 0 spiro atoms. The Kier molecular flexibility index (Phi) is 4.37. The summed E-state index contributed by atoms with van der Waals surface area (Å²) in [6.07, 6.45) is 7.49. The molecule has 1 heterocycles. The van der Waals surface area contributed by atoms with E-state index in [4.69, 9.17) is 4.42 Å². The Hall–Kier alpha value is -1.17. The molecule has 160 valence electrons. The van der Waals surface area contributed by atoms with Crippen LogP contribution in [0.3, 0.4) is 0 Å². The van der Waals surface area contributed by atoms with Gasteiger partial charge in [0, 0.05) is 11.5 Å². The van der Waals surface area contributed by atoms with Crippen molar-refractivity contribution in [3.8, 4) is 0 Å². The van der Waals surface area contributed by atoms with Crippen LogP contribution in [0.25, 0.3) is 0 Å². The van der Waals surface area contributed by atoms with Crippen molar-refractivity contribution in [3.63, 3.8) is 0 Å². The van der Waals surface area contributed by atoms with Crippen molar-refractivity contribution in [1.29, 1.82) is 0 Å². The van der Waals surface area contributed by atoms with Crippen molar-refractivity contribution in [2.75, 3.05) is 0 Å². The second-order valence-electron chi connectivity index (χ2n) is 10.9. The Morgan fingerprint density at radius 3 is 2.59 bits per heavy atom. The summed E-state index contributed by atoms with van der Waals surface area (Å²) in [4.78, 5) is 11.4. The lowest BCUT2D eigenvalue weighted by Crippen LogP contribution is -2.66. The normalized spacial score (nSPS) is 51.8. The minimum absolute atomic E-state index is 0.0176. The number of hydrogen-bond donors (Lipinski definition) is 3. The van der Waals surface area contributed by atoms with Gasteiger partial charge in [0.2, 0.25) is 0 Å². The molecule has 0 aromatic carbocycles. The van der Waals surface area contributed by atoms with Crippen LogP contribution < -0.4 is 5.63 Å². The number of rotatable bonds is 1. The van der Waals surface area contributed by atoms with Gasteiger partial charge in [0.1, 0.15) is 0 Å². The first-order valence-electron chi connectivity index (χ1n) is 11.4. The molecule has 0 radical (unpaired) electrons. The monoisotopic (exact) mass is 402 g/mol. The molecule has 5 rings (SSSR count). The molecule has 1 unspecified atom stereocenters. The fourth-order valence-electron chi connectivity index (χ4n) is 8.41. The fraction of sp³-hybridized carbons (Fsp3) is 0.792. The molecule has 4 fully saturated rings. The number of hydrogen-bond acceptors (Lipinski definition) is 5. The Labute approximate surface area is 172 Å². The summed E-state index contributed by atoms with van der Waals surface area (Å²) in [5.41, 5.74) is -0.681. The predicted molar refractivity (Wildman–Crippen MR) is 108 cm³/mol. The molecule has 3 N–H and O–H groups in total. The summed E-state index contributed by atoms with van der Waals surface area (Å²) in [6, 6.07) is 3.28. The Balaban J connectivity index is 1.52. The van der Waals surface area contributed by atoms with E-state index >= 15 is 0 Å². The summed E-state index contributed by atoms with van der Waals surface area (Å²) in [5, 5.41) is 33.8. The van der Waals surface area contributed by atoms with Gasteiger partial charge in [-0.15, -0.1) is 0 Å². The lowest BCUT2D eigenvalue weighted by Gasteiger charge is -2.65. The van der Waals surface area contributed by atoms with Crippen LogP contribution in [-0.2, 0) is 0 Å². The van der Waals surface area contributed by atoms with Gasteiger partial charge >= 0.3 is 5.63 Å². The topological polar surface area (TPSA) is 90.9 Å². The maximum atomic E-state index is 12.2. The van der Waals surface area contributed by atoms with Crippen molar-refractivity contribution in [3.05, 3.63) is 34.4 Å². The van der Waals surface area contributed by atoms with Gasteiger partial charge in [-0.3, -0.25) is 0 Å². The maximum Gasteiger partial charge on any atom is 0.335 e. The molecule has 5 heteroatoms. The number of fused-ring (bicyclic) bond motifs is 5.